The van der Waals surface area contributed by atoms with Crippen LogP contribution in [0.1, 0.15) is 97.1 Å². The van der Waals surface area contributed by atoms with E-state index < -0.39 is 120 Å². The van der Waals surface area contributed by atoms with Crippen molar-refractivity contribution >= 4 is 53.1 Å². The number of likely N-dealkylation sites (N-methyl/N-ethyl adjacent to an activating group) is 1. The molecule has 0 radical (unpaired) electrons. The summed E-state index contributed by atoms with van der Waals surface area (Å²) in [4.78, 5) is 91.2. The molecule has 0 unspecified atom stereocenters. The number of ketones is 1. The topological polar surface area (TPSA) is 222 Å². The molecule has 3 aliphatic heterocycles. The summed E-state index contributed by atoms with van der Waals surface area (Å²) in [5.41, 5.74) is -1.27. The Labute approximate surface area is 443 Å². The lowest BCUT2D eigenvalue weighted by atomic mass is 9.74. The molecule has 0 spiro atoms. The maximum absolute atomic E-state index is 14.8. The Morgan fingerprint density at radius 3 is 2.17 bits per heavy atom. The van der Waals surface area contributed by atoms with Crippen LogP contribution < -0.4 is 5.32 Å². The third-order valence-corrected chi connectivity index (χ3v) is 15.3. The quantitative estimate of drug-likeness (QED) is 0.0439. The van der Waals surface area contributed by atoms with Crippen molar-refractivity contribution in [3.05, 3.63) is 94.2 Å². The molecule has 410 valence electrons. The maximum atomic E-state index is 14.8. The number of thiophene rings is 1. The number of methoxy groups -OCH3 is 1. The van der Waals surface area contributed by atoms with Crippen LogP contribution >= 0.6 is 11.3 Å². The Balaban J connectivity index is 1.36. The van der Waals surface area contributed by atoms with Gasteiger partial charge in [0.1, 0.15) is 25.2 Å². The number of rotatable bonds is 17. The molecule has 4 heterocycles. The van der Waals surface area contributed by atoms with E-state index in [0.717, 1.165) is 18.4 Å². The zero-order valence-electron chi connectivity index (χ0n) is 44.6. The number of carbonyl (C=O) groups is 6. The van der Waals surface area contributed by atoms with Crippen molar-refractivity contribution in [3.8, 4) is 0 Å². The molecule has 2 aromatic carbocycles. The molecule has 3 aliphatic rings. The summed E-state index contributed by atoms with van der Waals surface area (Å²) in [6.07, 6.45) is -7.90. The van der Waals surface area contributed by atoms with Crippen LogP contribution in [0, 0.1) is 23.7 Å². The summed E-state index contributed by atoms with van der Waals surface area (Å²) in [5, 5.41) is 9.43. The molecule has 1 aromatic heterocycles. The SMILES string of the molecule is CC[C@H]1OC(=O)[C@H](C)C(=O)[C@H](C)[C@@H](O[C@@H]2O[C@H](C)C[C@H](N(C)C(=O)OCc3ccccc3)[C@H]2OC(=O)OCc2ccccc2)[C@@](C)(OC)C[C@@H](C)/C(=N\OCC(=O)NCCCc2cccs2)[C@H](C)[C@H]2OC(=O)O[C@@]21C. The number of Topliss-reactive ketones (excluding diaryl/α,β-unsaturated/α-hetero) is 1. The lowest BCUT2D eigenvalue weighted by molar-refractivity contribution is -0.295. The number of esters is 1. The first kappa shape index (κ1) is 58.2. The molecule has 3 aromatic rings. The van der Waals surface area contributed by atoms with Gasteiger partial charge in [0.05, 0.1) is 29.6 Å². The number of nitrogens with one attached hydrogen (secondary N) is 1. The fraction of sp³-hybridized carbons (Fsp3) is 0.582. The van der Waals surface area contributed by atoms with Crippen LogP contribution in [0.5, 0.6) is 0 Å². The van der Waals surface area contributed by atoms with Gasteiger partial charge in [-0.3, -0.25) is 14.4 Å². The third-order valence-electron chi connectivity index (χ3n) is 14.4. The highest BCUT2D eigenvalue weighted by atomic mass is 32.1. The van der Waals surface area contributed by atoms with Crippen molar-refractivity contribution in [3.63, 3.8) is 0 Å². The number of nitrogens with zero attached hydrogens (tertiary/aromatic N) is 2. The van der Waals surface area contributed by atoms with E-state index in [4.69, 9.17) is 47.5 Å². The van der Waals surface area contributed by atoms with Crippen molar-refractivity contribution in [2.45, 2.75) is 155 Å². The van der Waals surface area contributed by atoms with E-state index in [-0.39, 0.29) is 32.5 Å². The molecule has 20 heteroatoms. The van der Waals surface area contributed by atoms with Crippen LogP contribution in [-0.2, 0) is 81.5 Å². The number of carbonyl (C=O) groups excluding carboxylic acids is 6. The second-order valence-electron chi connectivity index (χ2n) is 20.0. The first-order valence-electron chi connectivity index (χ1n) is 25.6. The molecule has 6 rings (SSSR count). The van der Waals surface area contributed by atoms with Crippen molar-refractivity contribution in [1.82, 2.24) is 10.2 Å². The molecule has 3 fully saturated rings. The molecule has 19 nitrogen and oxygen atoms in total. The van der Waals surface area contributed by atoms with E-state index in [1.165, 1.54) is 30.9 Å². The van der Waals surface area contributed by atoms with Gasteiger partial charge < -0.3 is 57.7 Å². The Kier molecular flexibility index (Phi) is 20.6. The Morgan fingerprint density at radius 2 is 1.55 bits per heavy atom. The highest BCUT2D eigenvalue weighted by molar-refractivity contribution is 7.09. The van der Waals surface area contributed by atoms with Gasteiger partial charge in [0.25, 0.3) is 5.91 Å². The average Bonchev–Trinajstić information content (AvgIpc) is 4.04. The molecule has 0 aliphatic carbocycles. The van der Waals surface area contributed by atoms with Gasteiger partial charge in [-0.25, -0.2) is 14.4 Å². The Morgan fingerprint density at radius 1 is 0.880 bits per heavy atom. The van der Waals surface area contributed by atoms with Crippen LogP contribution in [0.25, 0.3) is 0 Å². The fourth-order valence-corrected chi connectivity index (χ4v) is 10.9. The molecule has 1 N–H and O–H groups in total. The average molecular weight is 1060 g/mol. The number of benzene rings is 2. The van der Waals surface area contributed by atoms with Gasteiger partial charge in [-0.15, -0.1) is 11.3 Å². The van der Waals surface area contributed by atoms with Crippen molar-refractivity contribution in [1.29, 1.82) is 0 Å². The zero-order chi connectivity index (χ0) is 54.5. The number of ether oxygens (including phenoxy) is 9. The van der Waals surface area contributed by atoms with Gasteiger partial charge in [-0.05, 0) is 82.4 Å². The van der Waals surface area contributed by atoms with Gasteiger partial charge >= 0.3 is 24.4 Å². The maximum Gasteiger partial charge on any atom is 0.509 e. The van der Waals surface area contributed by atoms with Gasteiger partial charge in [0.2, 0.25) is 0 Å². The summed E-state index contributed by atoms with van der Waals surface area (Å²) in [7, 11) is 2.96. The first-order chi connectivity index (χ1) is 35.8. The van der Waals surface area contributed by atoms with E-state index >= 15 is 0 Å². The second-order valence-corrected chi connectivity index (χ2v) is 21.0. The molecule has 75 heavy (non-hydrogen) atoms. The summed E-state index contributed by atoms with van der Waals surface area (Å²) in [6.45, 7) is 13.3. The highest BCUT2D eigenvalue weighted by Crippen LogP contribution is 2.42. The number of hydrogen-bond donors (Lipinski definition) is 1. The Bertz CT molecular complexity index is 2410. The summed E-state index contributed by atoms with van der Waals surface area (Å²) >= 11 is 1.65. The van der Waals surface area contributed by atoms with E-state index in [1.807, 2.05) is 60.8 Å². The lowest BCUT2D eigenvalue weighted by Crippen LogP contribution is -2.61. The van der Waals surface area contributed by atoms with Crippen molar-refractivity contribution in [2.75, 3.05) is 27.3 Å². The standard InChI is InChI=1S/C55H73N3O16S/c1-11-42-55(8)48(73-53(64)74-55)35(4)44(57-68-32-43(59)56-26-18-24-40-25-19-27-75-40)33(2)29-54(7,65-10)47(36(5)45(60)37(6)49(61)70-42)72-50-46(71-52(63)67-31-39-22-16-13-17-23-39)41(28-34(3)69-50)58(9)51(62)66-30-38-20-14-12-15-21-38/h12-17,19-23,25,27,33-37,41-42,46-48,50H,11,18,24,26,28-32H2,1-10H3,(H,56,59)/b57-44+/t33-,34-,35+,36+,37-,41+,42-,46-,47-,48-,50+,54+,55-/m1/s1. The van der Waals surface area contributed by atoms with E-state index in [2.05, 4.69) is 10.5 Å². The smallest absolute Gasteiger partial charge is 0.457 e. The van der Waals surface area contributed by atoms with Crippen LogP contribution in [0.4, 0.5) is 14.4 Å². The molecule has 2 amide bonds. The molecule has 13 atom stereocenters. The monoisotopic (exact) mass is 1060 g/mol. The normalized spacial score (nSPS) is 30.9. The lowest BCUT2D eigenvalue weighted by Gasteiger charge is -2.47. The van der Waals surface area contributed by atoms with Crippen LogP contribution in [0.15, 0.2) is 83.3 Å². The summed E-state index contributed by atoms with van der Waals surface area (Å²) in [5.74, 6) is -5.88. The number of cyclic esters (lactones) is 1. The fourth-order valence-electron chi connectivity index (χ4n) is 10.2. The number of oxime groups is 1. The first-order valence-corrected chi connectivity index (χ1v) is 26.5. The number of aryl methyl sites for hydroxylation is 1. The minimum Gasteiger partial charge on any atom is -0.457 e. The minimum absolute atomic E-state index is 0.0313. The van der Waals surface area contributed by atoms with Gasteiger partial charge in [-0.2, -0.15) is 0 Å². The van der Waals surface area contributed by atoms with Crippen molar-refractivity contribution < 1.29 is 76.2 Å². The molecule has 0 bridgehead atoms. The molecular formula is C55H73N3O16S. The number of amides is 2. The molecule has 3 saturated heterocycles. The number of hydrogen-bond acceptors (Lipinski definition) is 18. The molecule has 0 saturated carbocycles. The Hall–Kier alpha value is -6.09. The predicted molar refractivity (Wildman–Crippen MR) is 274 cm³/mol. The third kappa shape index (κ3) is 14.9. The minimum atomic E-state index is -1.56. The second kappa shape index (κ2) is 26.6. The van der Waals surface area contributed by atoms with Crippen LogP contribution in [0.3, 0.4) is 0 Å². The van der Waals surface area contributed by atoms with Crippen molar-refractivity contribution in [2.24, 2.45) is 28.8 Å². The summed E-state index contributed by atoms with van der Waals surface area (Å²) < 4.78 is 55.1. The predicted octanol–water partition coefficient (Wildman–Crippen LogP) is 8.59. The van der Waals surface area contributed by atoms with Crippen LogP contribution in [-0.4, -0.2) is 128 Å². The van der Waals surface area contributed by atoms with E-state index in [1.54, 1.807) is 77.1 Å². The van der Waals surface area contributed by atoms with E-state index in [0.29, 0.717) is 17.8 Å². The van der Waals surface area contributed by atoms with Gasteiger partial charge in [-0.1, -0.05) is 99.6 Å². The molecular weight excluding hydrogens is 991 g/mol. The zero-order valence-corrected chi connectivity index (χ0v) is 45.4. The number of fused-ring (bicyclic) bond motifs is 1. The van der Waals surface area contributed by atoms with Gasteiger partial charge in [0.15, 0.2) is 36.5 Å². The van der Waals surface area contributed by atoms with E-state index in [9.17, 15) is 28.8 Å². The summed E-state index contributed by atoms with van der Waals surface area (Å²) in [6, 6.07) is 21.2. The van der Waals surface area contributed by atoms with Gasteiger partial charge in [0, 0.05) is 43.3 Å². The van der Waals surface area contributed by atoms with Crippen LogP contribution in [0.2, 0.25) is 0 Å². The highest BCUT2D eigenvalue weighted by Gasteiger charge is 2.59. The largest absolute Gasteiger partial charge is 0.509 e.